The van der Waals surface area contributed by atoms with Crippen molar-refractivity contribution >= 4 is 29.2 Å². The number of carbonyl (C=O) groups excluding carboxylic acids is 2. The first kappa shape index (κ1) is 18.3. The van der Waals surface area contributed by atoms with Gasteiger partial charge in [0.25, 0.3) is 0 Å². The van der Waals surface area contributed by atoms with Gasteiger partial charge < -0.3 is 10.1 Å². The number of nitrogens with one attached hydrogen (secondary N) is 1. The summed E-state index contributed by atoms with van der Waals surface area (Å²) in [6.45, 7) is 5.89. The van der Waals surface area contributed by atoms with Gasteiger partial charge in [-0.1, -0.05) is 11.6 Å². The van der Waals surface area contributed by atoms with E-state index >= 15 is 0 Å². The second kappa shape index (κ2) is 7.70. The number of rotatable bonds is 3. The molecule has 0 aromatic heterocycles. The maximum atomic E-state index is 14.1. The van der Waals surface area contributed by atoms with Crippen LogP contribution in [0.1, 0.15) is 33.6 Å². The lowest BCUT2D eigenvalue weighted by Crippen LogP contribution is -2.53. The van der Waals surface area contributed by atoms with Crippen molar-refractivity contribution in [2.75, 3.05) is 18.4 Å². The van der Waals surface area contributed by atoms with Crippen LogP contribution in [0.15, 0.2) is 12.1 Å². The molecule has 1 aliphatic heterocycles. The molecule has 1 aromatic carbocycles. The van der Waals surface area contributed by atoms with Crippen LogP contribution in [-0.2, 0) is 4.79 Å². The Bertz CT molecular complexity index is 639. The summed E-state index contributed by atoms with van der Waals surface area (Å²) < 4.78 is 19.6. The molecule has 1 N–H and O–H groups in total. The summed E-state index contributed by atoms with van der Waals surface area (Å²) in [7, 11) is 0. The molecule has 1 saturated heterocycles. The van der Waals surface area contributed by atoms with Crippen molar-refractivity contribution in [3.8, 4) is 5.75 Å². The number of amides is 3. The van der Waals surface area contributed by atoms with E-state index in [1.54, 1.807) is 0 Å². The van der Waals surface area contributed by atoms with Gasteiger partial charge in [-0.2, -0.15) is 0 Å². The summed E-state index contributed by atoms with van der Waals surface area (Å²) in [4.78, 5) is 24.1. The van der Waals surface area contributed by atoms with E-state index in [0.717, 1.165) is 18.9 Å². The van der Waals surface area contributed by atoms with Crippen molar-refractivity contribution in [1.29, 1.82) is 0 Å². The molecule has 1 aromatic rings. The van der Waals surface area contributed by atoms with Gasteiger partial charge in [-0.05, 0) is 32.8 Å². The summed E-state index contributed by atoms with van der Waals surface area (Å²) in [5.41, 5.74) is -0.0471. The highest BCUT2D eigenvalue weighted by atomic mass is 35.5. The van der Waals surface area contributed by atoms with Crippen LogP contribution in [0.2, 0.25) is 5.02 Å². The van der Waals surface area contributed by atoms with Crippen LogP contribution in [0.25, 0.3) is 0 Å². The number of nitrogens with zero attached hydrogens (tertiary/aromatic N) is 2. The molecule has 1 heterocycles. The third-order valence-corrected chi connectivity index (χ3v) is 3.80. The van der Waals surface area contributed by atoms with E-state index < -0.39 is 11.8 Å². The fraction of sp³-hybridized carbons (Fsp3) is 0.500. The van der Waals surface area contributed by atoms with Crippen LogP contribution in [0.4, 0.5) is 14.9 Å². The number of carbonyl (C=O) groups is 2. The molecule has 6 nitrogen and oxygen atoms in total. The summed E-state index contributed by atoms with van der Waals surface area (Å²) in [6, 6.07) is 1.87. The van der Waals surface area contributed by atoms with Crippen molar-refractivity contribution in [2.24, 2.45) is 0 Å². The molecule has 1 fully saturated rings. The van der Waals surface area contributed by atoms with Gasteiger partial charge in [-0.3, -0.25) is 9.80 Å². The van der Waals surface area contributed by atoms with Crippen molar-refractivity contribution in [3.05, 3.63) is 23.0 Å². The molecule has 1 aliphatic rings. The predicted molar refractivity (Wildman–Crippen MR) is 89.5 cm³/mol. The van der Waals surface area contributed by atoms with E-state index in [-0.39, 0.29) is 28.5 Å². The maximum absolute atomic E-state index is 14.1. The molecule has 24 heavy (non-hydrogen) atoms. The lowest BCUT2D eigenvalue weighted by Gasteiger charge is -2.37. The molecule has 0 atom stereocenters. The lowest BCUT2D eigenvalue weighted by atomic mass is 10.2. The smallest absolute Gasteiger partial charge is 0.340 e. The Hall–Kier alpha value is -2.02. The van der Waals surface area contributed by atoms with Gasteiger partial charge in [0, 0.05) is 26.1 Å². The summed E-state index contributed by atoms with van der Waals surface area (Å²) in [5, 5.41) is 5.27. The number of halogens is 2. The highest BCUT2D eigenvalue weighted by Crippen LogP contribution is 2.31. The molecule has 0 bridgehead atoms. The zero-order valence-corrected chi connectivity index (χ0v) is 14.7. The Balaban J connectivity index is 2.20. The monoisotopic (exact) mass is 357 g/mol. The van der Waals surface area contributed by atoms with Crippen molar-refractivity contribution in [1.82, 2.24) is 10.0 Å². The van der Waals surface area contributed by atoms with Gasteiger partial charge in [-0.25, -0.2) is 14.2 Å². The number of hydrogen-bond acceptors (Lipinski definition) is 3. The first-order valence-electron chi connectivity index (χ1n) is 7.82. The fourth-order valence-electron chi connectivity index (χ4n) is 2.45. The average Bonchev–Trinajstić information content (AvgIpc) is 2.51. The van der Waals surface area contributed by atoms with E-state index in [2.05, 4.69) is 5.32 Å². The van der Waals surface area contributed by atoms with E-state index in [9.17, 15) is 14.0 Å². The molecular weight excluding hydrogens is 337 g/mol. The lowest BCUT2D eigenvalue weighted by molar-refractivity contribution is -0.144. The molecular formula is C16H21ClFN3O3. The van der Waals surface area contributed by atoms with E-state index in [0.29, 0.717) is 13.1 Å². The van der Waals surface area contributed by atoms with E-state index in [1.807, 2.05) is 13.8 Å². The van der Waals surface area contributed by atoms with Gasteiger partial charge in [0.2, 0.25) is 5.91 Å². The van der Waals surface area contributed by atoms with Crippen LogP contribution in [-0.4, -0.2) is 41.1 Å². The van der Waals surface area contributed by atoms with Crippen molar-refractivity contribution in [3.63, 3.8) is 0 Å². The minimum absolute atomic E-state index is 0.0471. The summed E-state index contributed by atoms with van der Waals surface area (Å²) in [6.07, 6.45) is 1.46. The van der Waals surface area contributed by atoms with Gasteiger partial charge in [0.1, 0.15) is 11.6 Å². The molecule has 3 amide bonds. The highest BCUT2D eigenvalue weighted by Gasteiger charge is 2.27. The highest BCUT2D eigenvalue weighted by molar-refractivity contribution is 6.32. The van der Waals surface area contributed by atoms with Gasteiger partial charge in [0.15, 0.2) is 0 Å². The van der Waals surface area contributed by atoms with Crippen LogP contribution in [0.3, 0.4) is 0 Å². The minimum atomic E-state index is -0.671. The minimum Gasteiger partial charge on any atom is -0.489 e. The number of anilines is 1. The number of hydrazine groups is 1. The number of hydrogen-bond donors (Lipinski definition) is 1. The summed E-state index contributed by atoms with van der Waals surface area (Å²) >= 11 is 5.95. The zero-order valence-electron chi connectivity index (χ0n) is 13.9. The molecule has 8 heteroatoms. The molecule has 0 saturated carbocycles. The molecule has 0 unspecified atom stereocenters. The fourth-order valence-corrected chi connectivity index (χ4v) is 2.65. The third kappa shape index (κ3) is 4.29. The van der Waals surface area contributed by atoms with Crippen LogP contribution >= 0.6 is 11.6 Å². The quantitative estimate of drug-likeness (QED) is 0.898. The average molecular weight is 358 g/mol. The predicted octanol–water partition coefficient (Wildman–Crippen LogP) is 3.66. The number of urea groups is 1. The molecule has 0 radical (unpaired) electrons. The molecule has 0 spiro atoms. The third-order valence-electron chi connectivity index (χ3n) is 3.51. The van der Waals surface area contributed by atoms with Gasteiger partial charge >= 0.3 is 6.03 Å². The second-order valence-corrected chi connectivity index (χ2v) is 6.24. The SMILES string of the molecule is CC(=O)N1CCCCN1C(=O)Nc1cc(OC(C)C)c(Cl)cc1F. The second-order valence-electron chi connectivity index (χ2n) is 5.83. The van der Waals surface area contributed by atoms with Crippen LogP contribution in [0, 0.1) is 5.82 Å². The Kier molecular flexibility index (Phi) is 5.88. The molecule has 2 rings (SSSR count). The Morgan fingerprint density at radius 1 is 1.25 bits per heavy atom. The first-order valence-corrected chi connectivity index (χ1v) is 8.19. The van der Waals surface area contributed by atoms with E-state index in [4.69, 9.17) is 16.3 Å². The molecule has 132 valence electrons. The number of ether oxygens (including phenoxy) is 1. The Morgan fingerprint density at radius 2 is 1.88 bits per heavy atom. The maximum Gasteiger partial charge on any atom is 0.340 e. The van der Waals surface area contributed by atoms with Crippen LogP contribution in [0.5, 0.6) is 5.75 Å². The topological polar surface area (TPSA) is 61.9 Å². The Labute approximate surface area is 145 Å². The van der Waals surface area contributed by atoms with Gasteiger partial charge in [0.05, 0.1) is 16.8 Å². The normalized spacial score (nSPS) is 14.8. The largest absolute Gasteiger partial charge is 0.489 e. The Morgan fingerprint density at radius 3 is 2.46 bits per heavy atom. The van der Waals surface area contributed by atoms with Crippen LogP contribution < -0.4 is 10.1 Å². The van der Waals surface area contributed by atoms with E-state index in [1.165, 1.54) is 23.0 Å². The standard InChI is InChI=1S/C16H21ClFN3O3/c1-10(2)24-15-9-14(13(18)8-12(15)17)19-16(23)21-7-5-4-6-20(21)11(3)22/h8-10H,4-7H2,1-3H3,(H,19,23). The first-order chi connectivity index (χ1) is 11.3. The summed E-state index contributed by atoms with van der Waals surface area (Å²) in [5.74, 6) is -0.619. The van der Waals surface area contributed by atoms with Crippen molar-refractivity contribution in [2.45, 2.75) is 39.7 Å². The zero-order chi connectivity index (χ0) is 17.9. The van der Waals surface area contributed by atoms with Crippen molar-refractivity contribution < 1.29 is 18.7 Å². The number of benzene rings is 1. The molecule has 0 aliphatic carbocycles. The van der Waals surface area contributed by atoms with Gasteiger partial charge in [-0.15, -0.1) is 0 Å².